The van der Waals surface area contributed by atoms with Gasteiger partial charge in [0.15, 0.2) is 5.65 Å². The highest BCUT2D eigenvalue weighted by atomic mass is 32.2. The maximum Gasteiger partial charge on any atom is 0.233 e. The summed E-state index contributed by atoms with van der Waals surface area (Å²) in [4.78, 5) is 33.9. The first-order valence-corrected chi connectivity index (χ1v) is 9.84. The first-order chi connectivity index (χ1) is 13.2. The summed E-state index contributed by atoms with van der Waals surface area (Å²) in [6.45, 7) is 5.00. The fourth-order valence-corrected chi connectivity index (χ4v) is 3.97. The maximum atomic E-state index is 12.6. The van der Waals surface area contributed by atoms with Crippen LogP contribution in [0.3, 0.4) is 0 Å². The molecule has 8 heteroatoms. The van der Waals surface area contributed by atoms with Crippen LogP contribution in [-0.4, -0.2) is 62.7 Å². The predicted octanol–water partition coefficient (Wildman–Crippen LogP) is 2.17. The van der Waals surface area contributed by atoms with E-state index in [1.54, 1.807) is 6.20 Å². The minimum atomic E-state index is 0.132. The van der Waals surface area contributed by atoms with E-state index >= 15 is 0 Å². The molecule has 1 saturated heterocycles. The van der Waals surface area contributed by atoms with E-state index in [0.717, 1.165) is 36.6 Å². The van der Waals surface area contributed by atoms with Crippen molar-refractivity contribution in [1.82, 2.24) is 24.8 Å². The summed E-state index contributed by atoms with van der Waals surface area (Å²) >= 11 is 1.42. The van der Waals surface area contributed by atoms with Crippen LogP contribution < -0.4 is 4.90 Å². The molecule has 0 atom stereocenters. The second-order valence-corrected chi connectivity index (χ2v) is 7.29. The van der Waals surface area contributed by atoms with Gasteiger partial charge in [0.1, 0.15) is 17.2 Å². The van der Waals surface area contributed by atoms with Crippen molar-refractivity contribution in [2.75, 3.05) is 36.8 Å². The van der Waals surface area contributed by atoms with E-state index in [9.17, 15) is 4.79 Å². The third-order valence-corrected chi connectivity index (χ3v) is 5.55. The molecule has 1 aliphatic heterocycles. The first kappa shape index (κ1) is 17.7. The minimum Gasteiger partial charge on any atom is -0.368 e. The Bertz CT molecular complexity index is 943. The van der Waals surface area contributed by atoms with E-state index in [4.69, 9.17) is 0 Å². The number of carbonyl (C=O) groups excluding carboxylic acids is 1. The van der Waals surface area contributed by atoms with E-state index in [1.807, 2.05) is 30.0 Å². The van der Waals surface area contributed by atoms with Crippen molar-refractivity contribution >= 4 is 34.4 Å². The van der Waals surface area contributed by atoms with Crippen molar-refractivity contribution in [3.05, 3.63) is 48.7 Å². The number of nitrogens with zero attached hydrogens (tertiary/aromatic N) is 6. The van der Waals surface area contributed by atoms with Gasteiger partial charge in [-0.1, -0.05) is 30.0 Å². The van der Waals surface area contributed by atoms with Crippen LogP contribution in [0.4, 0.5) is 5.69 Å². The number of rotatable bonds is 4. The van der Waals surface area contributed by atoms with Gasteiger partial charge in [-0.15, -0.1) is 0 Å². The van der Waals surface area contributed by atoms with Gasteiger partial charge < -0.3 is 9.80 Å². The number of aryl methyl sites for hydroxylation is 1. The van der Waals surface area contributed by atoms with Gasteiger partial charge in [0.25, 0.3) is 0 Å². The highest BCUT2D eigenvalue weighted by Crippen LogP contribution is 2.23. The molecule has 0 spiro atoms. The molecule has 0 aliphatic carbocycles. The number of para-hydroxylation sites is 1. The van der Waals surface area contributed by atoms with E-state index in [-0.39, 0.29) is 5.91 Å². The molecule has 7 nitrogen and oxygen atoms in total. The van der Waals surface area contributed by atoms with Crippen molar-refractivity contribution in [3.63, 3.8) is 0 Å². The van der Waals surface area contributed by atoms with Crippen molar-refractivity contribution in [3.8, 4) is 0 Å². The Balaban J connectivity index is 1.35. The van der Waals surface area contributed by atoms with Gasteiger partial charge in [0.05, 0.1) is 11.1 Å². The summed E-state index contributed by atoms with van der Waals surface area (Å²) in [5.74, 6) is 1.16. The second kappa shape index (κ2) is 7.87. The van der Waals surface area contributed by atoms with Gasteiger partial charge in [-0.05, 0) is 19.1 Å². The van der Waals surface area contributed by atoms with Crippen LogP contribution in [0.1, 0.15) is 5.82 Å². The average Bonchev–Trinajstić information content (AvgIpc) is 2.72. The first-order valence-electron chi connectivity index (χ1n) is 8.85. The normalized spacial score (nSPS) is 14.6. The Morgan fingerprint density at radius 3 is 2.63 bits per heavy atom. The molecule has 0 N–H and O–H groups in total. The second-order valence-electron chi connectivity index (χ2n) is 6.33. The van der Waals surface area contributed by atoms with E-state index in [0.29, 0.717) is 17.2 Å². The molecule has 1 aromatic carbocycles. The van der Waals surface area contributed by atoms with E-state index in [2.05, 4.69) is 37.0 Å². The zero-order valence-electron chi connectivity index (χ0n) is 15.1. The quantitative estimate of drug-likeness (QED) is 0.507. The Morgan fingerprint density at radius 2 is 1.85 bits per heavy atom. The number of benzene rings is 1. The molecule has 1 aliphatic rings. The Labute approximate surface area is 161 Å². The summed E-state index contributed by atoms with van der Waals surface area (Å²) in [5.41, 5.74) is 1.82. The van der Waals surface area contributed by atoms with Crippen LogP contribution in [0.15, 0.2) is 47.9 Å². The molecule has 0 radical (unpaired) electrons. The molecular weight excluding hydrogens is 360 g/mol. The number of fused-ring (bicyclic) bond motifs is 1. The van der Waals surface area contributed by atoms with Crippen molar-refractivity contribution in [2.24, 2.45) is 0 Å². The third kappa shape index (κ3) is 4.00. The van der Waals surface area contributed by atoms with Gasteiger partial charge >= 0.3 is 0 Å². The number of aromatic nitrogens is 4. The lowest BCUT2D eigenvalue weighted by Gasteiger charge is -2.36. The molecule has 4 rings (SSSR count). The van der Waals surface area contributed by atoms with Gasteiger partial charge in [-0.25, -0.2) is 19.9 Å². The Kier molecular flexibility index (Phi) is 5.15. The summed E-state index contributed by atoms with van der Waals surface area (Å²) in [5, 5.41) is 1.53. The van der Waals surface area contributed by atoms with Crippen LogP contribution >= 0.6 is 11.8 Å². The lowest BCUT2D eigenvalue weighted by molar-refractivity contribution is -0.128. The molecule has 0 bridgehead atoms. The molecule has 27 heavy (non-hydrogen) atoms. The lowest BCUT2D eigenvalue weighted by Crippen LogP contribution is -2.49. The summed E-state index contributed by atoms with van der Waals surface area (Å²) in [6.07, 6.45) is 3.21. The third-order valence-electron chi connectivity index (χ3n) is 4.56. The maximum absolute atomic E-state index is 12.6. The minimum absolute atomic E-state index is 0.132. The molecule has 1 fully saturated rings. The summed E-state index contributed by atoms with van der Waals surface area (Å²) < 4.78 is 0. The van der Waals surface area contributed by atoms with Gasteiger partial charge in [0, 0.05) is 38.1 Å². The SMILES string of the molecule is Cc1ncc2c(SCC(=O)N3CCN(c4ccccc4)CC3)ncnc2n1. The van der Waals surface area contributed by atoms with Gasteiger partial charge in [-0.3, -0.25) is 4.79 Å². The van der Waals surface area contributed by atoms with Gasteiger partial charge in [-0.2, -0.15) is 0 Å². The number of hydrogen-bond donors (Lipinski definition) is 0. The number of anilines is 1. The largest absolute Gasteiger partial charge is 0.368 e. The summed E-state index contributed by atoms with van der Waals surface area (Å²) in [7, 11) is 0. The van der Waals surface area contributed by atoms with Crippen LogP contribution in [-0.2, 0) is 4.79 Å². The topological polar surface area (TPSA) is 75.1 Å². The number of carbonyl (C=O) groups is 1. The number of thioether (sulfide) groups is 1. The smallest absolute Gasteiger partial charge is 0.233 e. The number of piperazine rings is 1. The molecule has 0 saturated carbocycles. The Hall–Kier alpha value is -2.74. The van der Waals surface area contributed by atoms with Crippen molar-refractivity contribution in [2.45, 2.75) is 11.9 Å². The van der Waals surface area contributed by atoms with E-state index in [1.165, 1.54) is 23.8 Å². The van der Waals surface area contributed by atoms with Crippen LogP contribution in [0.25, 0.3) is 11.0 Å². The van der Waals surface area contributed by atoms with Crippen molar-refractivity contribution in [1.29, 1.82) is 0 Å². The highest BCUT2D eigenvalue weighted by molar-refractivity contribution is 8.00. The Morgan fingerprint density at radius 1 is 1.07 bits per heavy atom. The predicted molar refractivity (Wildman–Crippen MR) is 106 cm³/mol. The lowest BCUT2D eigenvalue weighted by atomic mass is 10.2. The van der Waals surface area contributed by atoms with Gasteiger partial charge in [0.2, 0.25) is 5.91 Å². The fourth-order valence-electron chi connectivity index (χ4n) is 3.10. The molecule has 3 aromatic rings. The molecule has 0 unspecified atom stereocenters. The molecular formula is C19H20N6OS. The number of amides is 1. The summed E-state index contributed by atoms with van der Waals surface area (Å²) in [6, 6.07) is 10.3. The fraction of sp³-hybridized carbons (Fsp3) is 0.316. The van der Waals surface area contributed by atoms with Crippen LogP contribution in [0, 0.1) is 6.92 Å². The standard InChI is InChI=1S/C19H20N6OS/c1-14-20-11-16-18(23-14)21-13-22-19(16)27-12-17(26)25-9-7-24(8-10-25)15-5-3-2-4-6-15/h2-6,11,13H,7-10,12H2,1H3. The average molecular weight is 380 g/mol. The van der Waals surface area contributed by atoms with Crippen LogP contribution in [0.5, 0.6) is 0 Å². The zero-order valence-corrected chi connectivity index (χ0v) is 15.9. The molecule has 3 heterocycles. The highest BCUT2D eigenvalue weighted by Gasteiger charge is 2.21. The molecule has 2 aromatic heterocycles. The monoisotopic (exact) mass is 380 g/mol. The number of hydrogen-bond acceptors (Lipinski definition) is 7. The van der Waals surface area contributed by atoms with E-state index < -0.39 is 0 Å². The molecule has 138 valence electrons. The van der Waals surface area contributed by atoms with Crippen molar-refractivity contribution < 1.29 is 4.79 Å². The zero-order chi connectivity index (χ0) is 18.6. The van der Waals surface area contributed by atoms with Crippen LogP contribution in [0.2, 0.25) is 0 Å². The molecule has 1 amide bonds.